The smallest absolute Gasteiger partial charge is 0.286 e. The molecule has 3 rings (SSSR count). The zero-order valence-electron chi connectivity index (χ0n) is 14.9. The van der Waals surface area contributed by atoms with Crippen LogP contribution in [0.5, 0.6) is 5.75 Å². The van der Waals surface area contributed by atoms with E-state index in [4.69, 9.17) is 4.74 Å². The van der Waals surface area contributed by atoms with E-state index >= 15 is 0 Å². The normalized spacial score (nSPS) is 10.3. The number of nitrogens with one attached hydrogen (secondary N) is 2. The van der Waals surface area contributed by atoms with Crippen LogP contribution in [0.4, 0.5) is 5.69 Å². The standard InChI is InChI=1S/C18H17N5O3S2/c1-26-14-7-5-12(6-8-14)21-16(25)17-22-23-18(28-17)27-11-15(24)20-10-13-4-2-3-9-19-13/h2-9H,10-11H2,1H3,(H,20,24)(H,21,25). The van der Waals surface area contributed by atoms with Gasteiger partial charge < -0.3 is 15.4 Å². The van der Waals surface area contributed by atoms with Crippen LogP contribution in [-0.2, 0) is 11.3 Å². The fraction of sp³-hybridized carbons (Fsp3) is 0.167. The summed E-state index contributed by atoms with van der Waals surface area (Å²) < 4.78 is 5.63. The summed E-state index contributed by atoms with van der Waals surface area (Å²) in [5.74, 6) is 0.389. The first kappa shape index (κ1) is 19.8. The minimum absolute atomic E-state index is 0.143. The molecule has 2 heterocycles. The molecule has 10 heteroatoms. The predicted octanol–water partition coefficient (Wildman–Crippen LogP) is 2.60. The molecule has 0 spiro atoms. The first-order valence-corrected chi connectivity index (χ1v) is 10.0. The van der Waals surface area contributed by atoms with Gasteiger partial charge >= 0.3 is 0 Å². The second-order valence-corrected chi connectivity index (χ2v) is 7.64. The van der Waals surface area contributed by atoms with Crippen LogP contribution in [-0.4, -0.2) is 39.9 Å². The molecule has 2 aromatic heterocycles. The third-order valence-electron chi connectivity index (χ3n) is 3.47. The number of methoxy groups -OCH3 is 1. The number of nitrogens with zero attached hydrogens (tertiary/aromatic N) is 3. The molecular weight excluding hydrogens is 398 g/mol. The summed E-state index contributed by atoms with van der Waals surface area (Å²) in [6.45, 7) is 0.367. The lowest BCUT2D eigenvalue weighted by molar-refractivity contribution is -0.118. The van der Waals surface area contributed by atoms with Gasteiger partial charge in [-0.1, -0.05) is 29.2 Å². The van der Waals surface area contributed by atoms with Crippen molar-refractivity contribution in [2.45, 2.75) is 10.9 Å². The fourth-order valence-corrected chi connectivity index (χ4v) is 3.67. The van der Waals surface area contributed by atoms with Gasteiger partial charge in [-0.3, -0.25) is 14.6 Å². The summed E-state index contributed by atoms with van der Waals surface area (Å²) in [7, 11) is 1.58. The Morgan fingerprint density at radius 3 is 2.68 bits per heavy atom. The van der Waals surface area contributed by atoms with Gasteiger partial charge in [-0.25, -0.2) is 0 Å². The van der Waals surface area contributed by atoms with E-state index < -0.39 is 0 Å². The molecule has 144 valence electrons. The minimum Gasteiger partial charge on any atom is -0.497 e. The van der Waals surface area contributed by atoms with E-state index in [2.05, 4.69) is 25.8 Å². The second-order valence-electron chi connectivity index (χ2n) is 5.44. The van der Waals surface area contributed by atoms with Crippen molar-refractivity contribution in [3.8, 4) is 5.75 Å². The van der Waals surface area contributed by atoms with Crippen LogP contribution in [0, 0.1) is 0 Å². The van der Waals surface area contributed by atoms with Crippen LogP contribution in [0.3, 0.4) is 0 Å². The number of carbonyl (C=O) groups is 2. The van der Waals surface area contributed by atoms with Gasteiger partial charge in [0.05, 0.1) is 25.1 Å². The molecular formula is C18H17N5O3S2. The number of anilines is 1. The number of amides is 2. The molecule has 0 radical (unpaired) electrons. The number of rotatable bonds is 8. The highest BCUT2D eigenvalue weighted by molar-refractivity contribution is 8.01. The van der Waals surface area contributed by atoms with Gasteiger partial charge in [0, 0.05) is 11.9 Å². The van der Waals surface area contributed by atoms with Crippen LogP contribution >= 0.6 is 23.1 Å². The zero-order valence-corrected chi connectivity index (χ0v) is 16.5. The van der Waals surface area contributed by atoms with Crippen molar-refractivity contribution < 1.29 is 14.3 Å². The maximum Gasteiger partial charge on any atom is 0.286 e. The summed E-state index contributed by atoms with van der Waals surface area (Å²) in [6, 6.07) is 12.5. The lowest BCUT2D eigenvalue weighted by atomic mass is 10.3. The van der Waals surface area contributed by atoms with E-state index in [1.807, 2.05) is 18.2 Å². The molecule has 3 aromatic rings. The Balaban J connectivity index is 1.46. The average molecular weight is 416 g/mol. The van der Waals surface area contributed by atoms with E-state index in [1.165, 1.54) is 11.8 Å². The van der Waals surface area contributed by atoms with Gasteiger partial charge in [0.2, 0.25) is 10.9 Å². The van der Waals surface area contributed by atoms with Crippen LogP contribution in [0.15, 0.2) is 53.0 Å². The monoisotopic (exact) mass is 415 g/mol. The molecule has 0 saturated heterocycles. The van der Waals surface area contributed by atoms with Crippen molar-refractivity contribution >= 4 is 40.6 Å². The van der Waals surface area contributed by atoms with Crippen molar-refractivity contribution in [3.63, 3.8) is 0 Å². The molecule has 0 bridgehead atoms. The molecule has 2 amide bonds. The highest BCUT2D eigenvalue weighted by Crippen LogP contribution is 2.23. The summed E-state index contributed by atoms with van der Waals surface area (Å²) in [4.78, 5) is 28.3. The molecule has 0 aliphatic heterocycles. The van der Waals surface area contributed by atoms with Crippen LogP contribution in [0.1, 0.15) is 15.5 Å². The second kappa shape index (κ2) is 9.81. The summed E-state index contributed by atoms with van der Waals surface area (Å²) in [5.41, 5.74) is 1.42. The quantitative estimate of drug-likeness (QED) is 0.545. The zero-order chi connectivity index (χ0) is 19.8. The Hall–Kier alpha value is -2.98. The van der Waals surface area contributed by atoms with Crippen molar-refractivity contribution in [2.24, 2.45) is 0 Å². The van der Waals surface area contributed by atoms with Gasteiger partial charge in [0.15, 0.2) is 4.34 Å². The van der Waals surface area contributed by atoms with E-state index in [-0.39, 0.29) is 22.6 Å². The molecule has 0 atom stereocenters. The van der Waals surface area contributed by atoms with Crippen molar-refractivity contribution in [2.75, 3.05) is 18.2 Å². The summed E-state index contributed by atoms with van der Waals surface area (Å²) >= 11 is 2.37. The average Bonchev–Trinajstić information content (AvgIpc) is 3.21. The van der Waals surface area contributed by atoms with Crippen LogP contribution < -0.4 is 15.4 Å². The van der Waals surface area contributed by atoms with E-state index in [0.29, 0.717) is 22.3 Å². The van der Waals surface area contributed by atoms with Crippen LogP contribution in [0.2, 0.25) is 0 Å². The molecule has 0 aliphatic carbocycles. The lowest BCUT2D eigenvalue weighted by Gasteiger charge is -2.04. The van der Waals surface area contributed by atoms with E-state index in [1.54, 1.807) is 37.6 Å². The Bertz CT molecular complexity index is 932. The third kappa shape index (κ3) is 5.76. The lowest BCUT2D eigenvalue weighted by Crippen LogP contribution is -2.24. The predicted molar refractivity (Wildman–Crippen MR) is 108 cm³/mol. The topological polar surface area (TPSA) is 106 Å². The minimum atomic E-state index is -0.353. The molecule has 1 aromatic carbocycles. The third-order valence-corrected chi connectivity index (χ3v) is 5.52. The Kier molecular flexibility index (Phi) is 6.93. The van der Waals surface area contributed by atoms with E-state index in [0.717, 1.165) is 17.0 Å². The van der Waals surface area contributed by atoms with Crippen molar-refractivity contribution in [1.82, 2.24) is 20.5 Å². The Morgan fingerprint density at radius 1 is 1.14 bits per heavy atom. The van der Waals surface area contributed by atoms with Gasteiger partial charge in [-0.15, -0.1) is 10.2 Å². The molecule has 0 aliphatic rings. The maximum atomic E-state index is 12.2. The first-order chi connectivity index (χ1) is 13.6. The molecule has 8 nitrogen and oxygen atoms in total. The number of aromatic nitrogens is 3. The molecule has 0 saturated carbocycles. The number of thioether (sulfide) groups is 1. The van der Waals surface area contributed by atoms with Gasteiger partial charge in [-0.2, -0.15) is 0 Å². The van der Waals surface area contributed by atoms with Crippen LogP contribution in [0.25, 0.3) is 0 Å². The maximum absolute atomic E-state index is 12.2. The van der Waals surface area contributed by atoms with Crippen molar-refractivity contribution in [3.05, 3.63) is 59.4 Å². The molecule has 28 heavy (non-hydrogen) atoms. The molecule has 2 N–H and O–H groups in total. The van der Waals surface area contributed by atoms with Gasteiger partial charge in [0.1, 0.15) is 5.75 Å². The number of ether oxygens (including phenoxy) is 1. The van der Waals surface area contributed by atoms with Crippen molar-refractivity contribution in [1.29, 1.82) is 0 Å². The molecule has 0 fully saturated rings. The number of hydrogen-bond acceptors (Lipinski definition) is 8. The van der Waals surface area contributed by atoms with Gasteiger partial charge in [-0.05, 0) is 36.4 Å². The number of carbonyl (C=O) groups excluding carboxylic acids is 2. The number of hydrogen-bond donors (Lipinski definition) is 2. The highest BCUT2D eigenvalue weighted by atomic mass is 32.2. The van der Waals surface area contributed by atoms with Gasteiger partial charge in [0.25, 0.3) is 5.91 Å². The Morgan fingerprint density at radius 2 is 1.96 bits per heavy atom. The molecule has 0 unspecified atom stereocenters. The highest BCUT2D eigenvalue weighted by Gasteiger charge is 2.14. The summed E-state index contributed by atoms with van der Waals surface area (Å²) in [6.07, 6.45) is 1.68. The summed E-state index contributed by atoms with van der Waals surface area (Å²) in [5, 5.41) is 13.6. The SMILES string of the molecule is COc1ccc(NC(=O)c2nnc(SCC(=O)NCc3ccccn3)s2)cc1. The fourth-order valence-electron chi connectivity index (χ4n) is 2.09. The Labute approximate surface area is 169 Å². The largest absolute Gasteiger partial charge is 0.497 e. The number of pyridine rings is 1. The van der Waals surface area contributed by atoms with E-state index in [9.17, 15) is 9.59 Å². The number of benzene rings is 1. The first-order valence-electron chi connectivity index (χ1n) is 8.22.